The summed E-state index contributed by atoms with van der Waals surface area (Å²) in [7, 11) is 0. The van der Waals surface area contributed by atoms with E-state index in [2.05, 4.69) is 17.6 Å². The minimum Gasteiger partial charge on any atom is -0.444 e. The number of alkyl carbamates (subject to hydrolysis) is 1. The number of benzene rings is 3. The lowest BCUT2D eigenvalue weighted by Gasteiger charge is -2.35. The molecule has 0 heterocycles. The molecule has 0 saturated heterocycles. The topological polar surface area (TPSA) is 131 Å². The molecule has 3 aromatic carbocycles. The number of nitrogens with zero attached hydrogens (tertiary/aromatic N) is 1. The van der Waals surface area contributed by atoms with Crippen LogP contribution in [0.15, 0.2) is 66.7 Å². The first-order valence-corrected chi connectivity index (χ1v) is 14.8. The number of carbonyl (C=O) groups excluding carboxylic acids is 4. The van der Waals surface area contributed by atoms with Crippen molar-refractivity contribution in [1.82, 2.24) is 10.2 Å². The second kappa shape index (κ2) is 15.2. The number of nitrogens with one attached hydrogen (secondary N) is 2. The average molecular weight is 589 g/mol. The number of carbonyl (C=O) groups is 4. The summed E-state index contributed by atoms with van der Waals surface area (Å²) in [6, 6.07) is 18.8. The van der Waals surface area contributed by atoms with E-state index in [9.17, 15) is 19.2 Å². The molecule has 2 atom stereocenters. The van der Waals surface area contributed by atoms with E-state index in [1.165, 1.54) is 4.90 Å². The van der Waals surface area contributed by atoms with Gasteiger partial charge in [-0.05, 0) is 74.6 Å². The van der Waals surface area contributed by atoms with Crippen molar-refractivity contribution in [3.05, 3.63) is 77.9 Å². The van der Waals surface area contributed by atoms with Crippen LogP contribution in [-0.2, 0) is 19.1 Å². The van der Waals surface area contributed by atoms with Crippen LogP contribution in [0.2, 0.25) is 0 Å². The Balaban J connectivity index is 2.04. The summed E-state index contributed by atoms with van der Waals surface area (Å²) in [5.74, 6) is -1.49. The summed E-state index contributed by atoms with van der Waals surface area (Å²) < 4.78 is 5.41. The van der Waals surface area contributed by atoms with Crippen molar-refractivity contribution in [2.75, 3.05) is 11.9 Å². The first-order valence-electron chi connectivity index (χ1n) is 14.8. The zero-order chi connectivity index (χ0) is 31.6. The highest BCUT2D eigenvalue weighted by atomic mass is 16.6. The molecule has 0 aliphatic heterocycles. The third-order valence-electron chi connectivity index (χ3n) is 7.01. The Kier molecular flexibility index (Phi) is 11.7. The van der Waals surface area contributed by atoms with Gasteiger partial charge in [-0.15, -0.1) is 0 Å². The molecule has 0 aliphatic carbocycles. The molecule has 9 nitrogen and oxygen atoms in total. The van der Waals surface area contributed by atoms with Gasteiger partial charge in [0.15, 0.2) is 0 Å². The SMILES string of the molecule is CCCCCN(C(=O)C(CCC(N)=O)NC(=O)OC(C)(C)C)C(C(=O)Nc1ccc2ccccc2c1)c1ccccc1C. The predicted octanol–water partition coefficient (Wildman–Crippen LogP) is 6.01. The van der Waals surface area contributed by atoms with Crippen LogP contribution in [0.5, 0.6) is 0 Å². The molecule has 9 heteroatoms. The van der Waals surface area contributed by atoms with Gasteiger partial charge >= 0.3 is 6.09 Å². The van der Waals surface area contributed by atoms with Gasteiger partial charge in [0.05, 0.1) is 0 Å². The number of hydrogen-bond acceptors (Lipinski definition) is 5. The monoisotopic (exact) mass is 588 g/mol. The van der Waals surface area contributed by atoms with Crippen LogP contribution in [0.1, 0.15) is 77.0 Å². The van der Waals surface area contributed by atoms with Crippen molar-refractivity contribution in [3.63, 3.8) is 0 Å². The molecule has 2 unspecified atom stereocenters. The highest BCUT2D eigenvalue weighted by molar-refractivity contribution is 6.00. The van der Waals surface area contributed by atoms with Crippen LogP contribution in [0.25, 0.3) is 10.8 Å². The second-order valence-electron chi connectivity index (χ2n) is 11.8. The first-order chi connectivity index (χ1) is 20.4. The molecule has 4 amide bonds. The van der Waals surface area contributed by atoms with E-state index in [1.54, 1.807) is 20.8 Å². The number of hydrogen-bond donors (Lipinski definition) is 3. The Morgan fingerprint density at radius 2 is 1.60 bits per heavy atom. The van der Waals surface area contributed by atoms with E-state index >= 15 is 0 Å². The summed E-state index contributed by atoms with van der Waals surface area (Å²) in [5.41, 5.74) is 6.72. The largest absolute Gasteiger partial charge is 0.444 e. The number of aryl methyl sites for hydroxylation is 1. The molecule has 0 bridgehead atoms. The number of nitrogens with two attached hydrogens (primary N) is 1. The van der Waals surface area contributed by atoms with Gasteiger partial charge in [0.25, 0.3) is 5.91 Å². The van der Waals surface area contributed by atoms with Gasteiger partial charge in [-0.1, -0.05) is 74.4 Å². The standard InChI is InChI=1S/C34H44N4O5/c1-6-7-12-21-38(32(41)28(19-20-29(35)39)37-33(42)43-34(3,4)5)30(27-16-11-8-13-23(27)2)31(40)36-26-18-17-24-14-9-10-15-25(24)22-26/h8-11,13-18,22,28,30H,6-7,12,19-21H2,1-5H3,(H2,35,39)(H,36,40)(H,37,42). The number of fused-ring (bicyclic) bond motifs is 1. The van der Waals surface area contributed by atoms with E-state index < -0.39 is 35.6 Å². The minimum atomic E-state index is -1.14. The Morgan fingerprint density at radius 3 is 2.26 bits per heavy atom. The fraction of sp³-hybridized carbons (Fsp3) is 0.412. The number of anilines is 1. The second-order valence-corrected chi connectivity index (χ2v) is 11.8. The average Bonchev–Trinajstić information content (AvgIpc) is 2.94. The zero-order valence-corrected chi connectivity index (χ0v) is 25.8. The maximum atomic E-state index is 14.3. The lowest BCUT2D eigenvalue weighted by Crippen LogP contribution is -2.53. The quantitative estimate of drug-likeness (QED) is 0.211. The van der Waals surface area contributed by atoms with Crippen LogP contribution < -0.4 is 16.4 Å². The van der Waals surface area contributed by atoms with Gasteiger partial charge in [-0.25, -0.2) is 4.79 Å². The third-order valence-corrected chi connectivity index (χ3v) is 7.01. The summed E-state index contributed by atoms with van der Waals surface area (Å²) in [4.78, 5) is 54.5. The Morgan fingerprint density at radius 1 is 0.930 bits per heavy atom. The molecule has 4 N–H and O–H groups in total. The van der Waals surface area contributed by atoms with Crippen molar-refractivity contribution >= 4 is 40.3 Å². The van der Waals surface area contributed by atoms with E-state index in [1.807, 2.05) is 73.7 Å². The van der Waals surface area contributed by atoms with Gasteiger partial charge in [0.1, 0.15) is 17.7 Å². The van der Waals surface area contributed by atoms with Crippen LogP contribution >= 0.6 is 0 Å². The highest BCUT2D eigenvalue weighted by Gasteiger charge is 2.37. The first kappa shape index (κ1) is 33.1. The third kappa shape index (κ3) is 9.84. The van der Waals surface area contributed by atoms with Crippen LogP contribution in [0.3, 0.4) is 0 Å². The Labute approximate surface area is 254 Å². The van der Waals surface area contributed by atoms with E-state index in [-0.39, 0.29) is 25.3 Å². The fourth-order valence-corrected chi connectivity index (χ4v) is 4.91. The van der Waals surface area contributed by atoms with Crippen LogP contribution in [0, 0.1) is 6.92 Å². The highest BCUT2D eigenvalue weighted by Crippen LogP contribution is 2.29. The molecule has 0 aromatic heterocycles. The van der Waals surface area contributed by atoms with Gasteiger partial charge in [0.2, 0.25) is 11.8 Å². The number of unbranched alkanes of at least 4 members (excludes halogenated alkanes) is 2. The molecular formula is C34H44N4O5. The number of amides is 4. The van der Waals surface area contributed by atoms with E-state index in [4.69, 9.17) is 10.5 Å². The van der Waals surface area contributed by atoms with Gasteiger partial charge in [-0.3, -0.25) is 14.4 Å². The van der Waals surface area contributed by atoms with Crippen molar-refractivity contribution in [3.8, 4) is 0 Å². The zero-order valence-electron chi connectivity index (χ0n) is 25.8. The van der Waals surface area contributed by atoms with Gasteiger partial charge in [-0.2, -0.15) is 0 Å². The molecule has 43 heavy (non-hydrogen) atoms. The smallest absolute Gasteiger partial charge is 0.408 e. The van der Waals surface area contributed by atoms with Crippen molar-refractivity contribution in [2.45, 2.75) is 84.4 Å². The molecule has 3 aromatic rings. The van der Waals surface area contributed by atoms with Gasteiger partial charge in [0, 0.05) is 18.7 Å². The maximum absolute atomic E-state index is 14.3. The summed E-state index contributed by atoms with van der Waals surface area (Å²) >= 11 is 0. The lowest BCUT2D eigenvalue weighted by atomic mass is 9.97. The molecule has 0 fully saturated rings. The minimum absolute atomic E-state index is 0.0372. The van der Waals surface area contributed by atoms with Crippen molar-refractivity contribution in [1.29, 1.82) is 0 Å². The molecule has 3 rings (SSSR count). The molecule has 0 spiro atoms. The number of ether oxygens (including phenoxy) is 1. The molecular weight excluding hydrogens is 544 g/mol. The number of rotatable bonds is 13. The fourth-order valence-electron chi connectivity index (χ4n) is 4.91. The predicted molar refractivity (Wildman–Crippen MR) is 169 cm³/mol. The molecule has 0 radical (unpaired) electrons. The van der Waals surface area contributed by atoms with E-state index in [0.717, 1.165) is 29.2 Å². The molecule has 230 valence electrons. The van der Waals surface area contributed by atoms with Crippen LogP contribution in [0.4, 0.5) is 10.5 Å². The lowest BCUT2D eigenvalue weighted by molar-refractivity contribution is -0.141. The van der Waals surface area contributed by atoms with E-state index in [0.29, 0.717) is 17.7 Å². The van der Waals surface area contributed by atoms with Crippen molar-refractivity contribution in [2.24, 2.45) is 5.73 Å². The number of primary amides is 1. The summed E-state index contributed by atoms with van der Waals surface area (Å²) in [6.07, 6.45) is 1.42. The summed E-state index contributed by atoms with van der Waals surface area (Å²) in [5, 5.41) is 7.67. The Bertz CT molecular complexity index is 1430. The Hall–Kier alpha value is -4.40. The van der Waals surface area contributed by atoms with Crippen molar-refractivity contribution < 1.29 is 23.9 Å². The maximum Gasteiger partial charge on any atom is 0.408 e. The summed E-state index contributed by atoms with van der Waals surface area (Å²) in [6.45, 7) is 9.36. The molecule has 0 aliphatic rings. The normalized spacial score (nSPS) is 12.7. The molecule has 0 saturated carbocycles. The van der Waals surface area contributed by atoms with Gasteiger partial charge < -0.3 is 26.0 Å². The van der Waals surface area contributed by atoms with Crippen LogP contribution in [-0.4, -0.2) is 46.9 Å².